The molecule has 3 heteroatoms. The molecule has 0 radical (unpaired) electrons. The Morgan fingerprint density at radius 3 is 1.48 bits per heavy atom. The van der Waals surface area contributed by atoms with Crippen LogP contribution in [0.4, 0.5) is 34.1 Å². The van der Waals surface area contributed by atoms with Crippen LogP contribution in [0.5, 0.6) is 0 Å². The highest BCUT2D eigenvalue weighted by molar-refractivity contribution is 7.00. The molecule has 11 rings (SSSR count). The molecule has 2 aliphatic rings. The number of aryl methyl sites for hydroxylation is 3. The predicted octanol–water partition coefficient (Wildman–Crippen LogP) is 11.8. The third kappa shape index (κ3) is 4.42. The van der Waals surface area contributed by atoms with Gasteiger partial charge in [-0.05, 0) is 124 Å². The molecule has 0 aromatic heterocycles. The number of anilines is 6. The summed E-state index contributed by atoms with van der Waals surface area (Å²) in [4.78, 5) is 5.03. The van der Waals surface area contributed by atoms with E-state index in [-0.39, 0.29) is 6.71 Å². The topological polar surface area (TPSA) is 6.48 Å². The molecule has 0 atom stereocenters. The first-order valence-corrected chi connectivity index (χ1v) is 19.0. The van der Waals surface area contributed by atoms with Gasteiger partial charge in [0, 0.05) is 34.0 Å². The maximum absolute atomic E-state index is 2.56. The zero-order chi connectivity index (χ0) is 36.1. The van der Waals surface area contributed by atoms with E-state index in [9.17, 15) is 0 Å². The summed E-state index contributed by atoms with van der Waals surface area (Å²) < 4.78 is 0. The van der Waals surface area contributed by atoms with Crippen molar-refractivity contribution in [2.45, 2.75) is 20.8 Å². The number of para-hydroxylation sites is 1. The van der Waals surface area contributed by atoms with Crippen LogP contribution in [0.15, 0.2) is 170 Å². The van der Waals surface area contributed by atoms with Crippen molar-refractivity contribution in [1.29, 1.82) is 0 Å². The lowest BCUT2D eigenvalue weighted by molar-refractivity contribution is 1.24. The summed E-state index contributed by atoms with van der Waals surface area (Å²) in [5, 5.41) is 7.74. The molecule has 0 N–H and O–H groups in total. The third-order valence-corrected chi connectivity index (χ3v) is 11.8. The van der Waals surface area contributed by atoms with E-state index >= 15 is 0 Å². The summed E-state index contributed by atoms with van der Waals surface area (Å²) in [7, 11) is 0. The Bertz CT molecular complexity index is 2960. The van der Waals surface area contributed by atoms with E-state index in [0.717, 1.165) is 0 Å². The fourth-order valence-electron chi connectivity index (χ4n) is 9.54. The molecule has 2 heterocycles. The summed E-state index contributed by atoms with van der Waals surface area (Å²) in [6.07, 6.45) is 0. The normalized spacial score (nSPS) is 13.0. The molecular formula is C51H37BN2. The molecule has 0 spiro atoms. The highest BCUT2D eigenvalue weighted by Gasteiger charge is 2.43. The molecule has 0 aliphatic carbocycles. The molecule has 0 fully saturated rings. The summed E-state index contributed by atoms with van der Waals surface area (Å²) in [6, 6.07) is 63.5. The van der Waals surface area contributed by atoms with Crippen molar-refractivity contribution in [2.24, 2.45) is 0 Å². The first-order valence-electron chi connectivity index (χ1n) is 19.0. The van der Waals surface area contributed by atoms with Gasteiger partial charge in [-0.1, -0.05) is 138 Å². The molecule has 9 aromatic rings. The standard InChI is InChI=1S/C51H37BN2/c1-32-23-26-45(42(29-32)41-20-11-19-40-38-16-8-7-15-36(38)37-17-9-10-18-39(37)50(40)41)54-47-28-25-34(3)31-44(47)52-43-30-33(2)24-27-46(43)53(35-13-5-4-6-14-35)48-21-12-22-49(54)51(48)52/h4-31H,1-3H3. The Morgan fingerprint density at radius 1 is 0.352 bits per heavy atom. The molecule has 0 saturated heterocycles. The van der Waals surface area contributed by atoms with Crippen molar-refractivity contribution in [1.82, 2.24) is 0 Å². The largest absolute Gasteiger partial charge is 0.311 e. The molecule has 54 heavy (non-hydrogen) atoms. The summed E-state index contributed by atoms with van der Waals surface area (Å²) >= 11 is 0. The van der Waals surface area contributed by atoms with E-state index in [1.165, 1.54) is 111 Å². The molecule has 0 unspecified atom stereocenters. The quantitative estimate of drug-likeness (QED) is 0.135. The van der Waals surface area contributed by atoms with Crippen LogP contribution in [-0.4, -0.2) is 6.71 Å². The Hall–Kier alpha value is -6.58. The number of benzene rings is 9. The van der Waals surface area contributed by atoms with E-state index in [1.54, 1.807) is 0 Å². The maximum Gasteiger partial charge on any atom is 0.252 e. The third-order valence-electron chi connectivity index (χ3n) is 11.8. The second-order valence-corrected chi connectivity index (χ2v) is 15.1. The molecule has 0 saturated carbocycles. The monoisotopic (exact) mass is 688 g/mol. The zero-order valence-corrected chi connectivity index (χ0v) is 30.6. The number of rotatable bonds is 3. The number of hydrogen-bond acceptors (Lipinski definition) is 2. The van der Waals surface area contributed by atoms with Gasteiger partial charge in [0.2, 0.25) is 0 Å². The van der Waals surface area contributed by atoms with Crippen LogP contribution < -0.4 is 26.2 Å². The lowest BCUT2D eigenvalue weighted by Crippen LogP contribution is -2.61. The van der Waals surface area contributed by atoms with Gasteiger partial charge in [-0.2, -0.15) is 0 Å². The van der Waals surface area contributed by atoms with Crippen LogP contribution in [0.2, 0.25) is 0 Å². The van der Waals surface area contributed by atoms with E-state index in [1.807, 2.05) is 0 Å². The van der Waals surface area contributed by atoms with Crippen LogP contribution in [-0.2, 0) is 0 Å². The van der Waals surface area contributed by atoms with Crippen molar-refractivity contribution < 1.29 is 0 Å². The van der Waals surface area contributed by atoms with Crippen LogP contribution in [0, 0.1) is 20.8 Å². The lowest BCUT2D eigenvalue weighted by Gasteiger charge is -2.44. The molecule has 2 nitrogen and oxygen atoms in total. The van der Waals surface area contributed by atoms with E-state index in [0.29, 0.717) is 0 Å². The van der Waals surface area contributed by atoms with Crippen molar-refractivity contribution in [3.8, 4) is 11.1 Å². The highest BCUT2D eigenvalue weighted by atomic mass is 15.2. The minimum atomic E-state index is 0.0963. The fraction of sp³-hybridized carbons (Fsp3) is 0.0588. The van der Waals surface area contributed by atoms with Crippen LogP contribution in [0.3, 0.4) is 0 Å². The van der Waals surface area contributed by atoms with Crippen LogP contribution in [0.25, 0.3) is 43.4 Å². The average molecular weight is 689 g/mol. The minimum Gasteiger partial charge on any atom is -0.311 e. The van der Waals surface area contributed by atoms with Gasteiger partial charge in [0.15, 0.2) is 0 Å². The van der Waals surface area contributed by atoms with Gasteiger partial charge in [-0.3, -0.25) is 0 Å². The fourth-order valence-corrected chi connectivity index (χ4v) is 9.54. The number of fused-ring (bicyclic) bond motifs is 10. The minimum absolute atomic E-state index is 0.0963. The van der Waals surface area contributed by atoms with Gasteiger partial charge in [0.25, 0.3) is 6.71 Å². The molecular weight excluding hydrogens is 651 g/mol. The maximum atomic E-state index is 2.56. The number of nitrogens with zero attached hydrogens (tertiary/aromatic N) is 2. The molecule has 0 bridgehead atoms. The molecule has 0 amide bonds. The first-order chi connectivity index (χ1) is 26.5. The lowest BCUT2D eigenvalue weighted by atomic mass is 9.33. The Morgan fingerprint density at radius 2 is 0.833 bits per heavy atom. The van der Waals surface area contributed by atoms with Gasteiger partial charge in [-0.25, -0.2) is 0 Å². The summed E-state index contributed by atoms with van der Waals surface area (Å²) in [5.74, 6) is 0. The zero-order valence-electron chi connectivity index (χ0n) is 30.6. The van der Waals surface area contributed by atoms with Gasteiger partial charge >= 0.3 is 0 Å². The first kappa shape index (κ1) is 31.0. The Labute approximate surface area is 316 Å². The second-order valence-electron chi connectivity index (χ2n) is 15.1. The summed E-state index contributed by atoms with van der Waals surface area (Å²) in [6.45, 7) is 6.76. The van der Waals surface area contributed by atoms with Gasteiger partial charge in [-0.15, -0.1) is 0 Å². The van der Waals surface area contributed by atoms with Crippen molar-refractivity contribution in [3.63, 3.8) is 0 Å². The SMILES string of the molecule is Cc1ccc2c(c1)B1c3cc(C)ccc3N(c3ccc(C)cc3-c3cccc4c5ccccc5c5ccccc5c34)c3cccc(c31)N2c1ccccc1. The van der Waals surface area contributed by atoms with Crippen molar-refractivity contribution in [3.05, 3.63) is 187 Å². The van der Waals surface area contributed by atoms with Gasteiger partial charge in [0.1, 0.15) is 0 Å². The Kier molecular flexibility index (Phi) is 6.72. The summed E-state index contributed by atoms with van der Waals surface area (Å²) in [5.41, 5.74) is 17.6. The second kappa shape index (κ2) is 11.7. The predicted molar refractivity (Wildman–Crippen MR) is 233 cm³/mol. The Balaban J connectivity index is 1.24. The molecule has 9 aromatic carbocycles. The van der Waals surface area contributed by atoms with E-state index < -0.39 is 0 Å². The molecule has 2 aliphatic heterocycles. The van der Waals surface area contributed by atoms with E-state index in [2.05, 4.69) is 200 Å². The average Bonchev–Trinajstić information content (AvgIpc) is 3.21. The van der Waals surface area contributed by atoms with Crippen LogP contribution >= 0.6 is 0 Å². The van der Waals surface area contributed by atoms with Crippen molar-refractivity contribution in [2.75, 3.05) is 9.80 Å². The van der Waals surface area contributed by atoms with Gasteiger partial charge in [0.05, 0.1) is 5.69 Å². The smallest absolute Gasteiger partial charge is 0.252 e. The number of hydrogen-bond donors (Lipinski definition) is 0. The van der Waals surface area contributed by atoms with Gasteiger partial charge < -0.3 is 9.80 Å². The van der Waals surface area contributed by atoms with Crippen molar-refractivity contribution >= 4 is 89.5 Å². The van der Waals surface area contributed by atoms with E-state index in [4.69, 9.17) is 0 Å². The highest BCUT2D eigenvalue weighted by Crippen LogP contribution is 2.48. The van der Waals surface area contributed by atoms with Crippen LogP contribution in [0.1, 0.15) is 16.7 Å². The molecule has 254 valence electrons.